The summed E-state index contributed by atoms with van der Waals surface area (Å²) in [7, 11) is 0. The molecule has 0 aliphatic carbocycles. The van der Waals surface area contributed by atoms with Crippen molar-refractivity contribution in [2.75, 3.05) is 13.1 Å². The monoisotopic (exact) mass is 282 g/mol. The van der Waals surface area contributed by atoms with Gasteiger partial charge in [-0.2, -0.15) is 0 Å². The summed E-state index contributed by atoms with van der Waals surface area (Å²) in [6.07, 6.45) is 5.04. The average molecular weight is 282 g/mol. The molecule has 0 aromatic carbocycles. The Bertz CT molecular complexity index is 370. The minimum absolute atomic E-state index is 0.0622. The average Bonchev–Trinajstić information content (AvgIpc) is 2.87. The van der Waals surface area contributed by atoms with Crippen LogP contribution in [-0.2, 0) is 4.79 Å². The molecule has 114 valence electrons. The van der Waals surface area contributed by atoms with Crippen LogP contribution in [0.4, 0.5) is 4.79 Å². The lowest BCUT2D eigenvalue weighted by Crippen LogP contribution is -2.52. The number of hydrogen-bond donors (Lipinski definition) is 1. The summed E-state index contributed by atoms with van der Waals surface area (Å²) in [5.74, 6) is -0.347. The van der Waals surface area contributed by atoms with Crippen molar-refractivity contribution in [1.82, 2.24) is 9.80 Å². The molecule has 0 aromatic heterocycles. The standard InChI is InChI=1S/C15H26N2O3/c1-11(2)13-7-5-9-17(13)15(20)16-8-4-3-6-12(16)10-14(18)19/h11-13H,3-10H2,1-2H3,(H,18,19). The lowest BCUT2D eigenvalue weighted by molar-refractivity contribution is -0.138. The Morgan fingerprint density at radius 2 is 1.80 bits per heavy atom. The molecule has 20 heavy (non-hydrogen) atoms. The Labute approximate surface area is 120 Å². The zero-order chi connectivity index (χ0) is 14.7. The van der Waals surface area contributed by atoms with Gasteiger partial charge < -0.3 is 14.9 Å². The quantitative estimate of drug-likeness (QED) is 0.865. The summed E-state index contributed by atoms with van der Waals surface area (Å²) >= 11 is 0. The van der Waals surface area contributed by atoms with E-state index in [2.05, 4.69) is 13.8 Å². The molecule has 2 aliphatic rings. The fourth-order valence-electron chi connectivity index (χ4n) is 3.55. The van der Waals surface area contributed by atoms with E-state index in [9.17, 15) is 9.59 Å². The van der Waals surface area contributed by atoms with Gasteiger partial charge in [-0.05, 0) is 38.0 Å². The first kappa shape index (κ1) is 15.1. The Morgan fingerprint density at radius 1 is 1.10 bits per heavy atom. The molecule has 2 aliphatic heterocycles. The van der Waals surface area contributed by atoms with Gasteiger partial charge in [0.15, 0.2) is 0 Å². The van der Waals surface area contributed by atoms with E-state index >= 15 is 0 Å². The van der Waals surface area contributed by atoms with E-state index in [1.165, 1.54) is 0 Å². The van der Waals surface area contributed by atoms with E-state index in [1.807, 2.05) is 9.80 Å². The Balaban J connectivity index is 2.07. The lowest BCUT2D eigenvalue weighted by atomic mass is 9.99. The number of urea groups is 1. The van der Waals surface area contributed by atoms with E-state index < -0.39 is 5.97 Å². The number of hydrogen-bond acceptors (Lipinski definition) is 2. The van der Waals surface area contributed by atoms with Gasteiger partial charge in [0.1, 0.15) is 0 Å². The molecule has 5 nitrogen and oxygen atoms in total. The number of amides is 2. The van der Waals surface area contributed by atoms with Gasteiger partial charge in [-0.1, -0.05) is 13.8 Å². The molecule has 2 unspecified atom stereocenters. The highest BCUT2D eigenvalue weighted by Gasteiger charge is 2.37. The highest BCUT2D eigenvalue weighted by molar-refractivity contribution is 5.77. The third-order valence-corrected chi connectivity index (χ3v) is 4.60. The van der Waals surface area contributed by atoms with Crippen molar-refractivity contribution in [2.45, 2.75) is 64.5 Å². The maximum absolute atomic E-state index is 12.8. The second kappa shape index (κ2) is 6.46. The predicted molar refractivity (Wildman–Crippen MR) is 76.6 cm³/mol. The Hall–Kier alpha value is -1.26. The van der Waals surface area contributed by atoms with Crippen molar-refractivity contribution < 1.29 is 14.7 Å². The van der Waals surface area contributed by atoms with Crippen LogP contribution in [0.15, 0.2) is 0 Å². The molecule has 2 atom stereocenters. The number of carboxylic acid groups (broad SMARTS) is 1. The van der Waals surface area contributed by atoms with Gasteiger partial charge in [0, 0.05) is 25.2 Å². The van der Waals surface area contributed by atoms with Crippen molar-refractivity contribution in [3.05, 3.63) is 0 Å². The first-order chi connectivity index (χ1) is 9.50. The molecule has 0 aromatic rings. The Kier molecular flexibility index (Phi) is 4.89. The molecule has 0 spiro atoms. The molecular weight excluding hydrogens is 256 g/mol. The van der Waals surface area contributed by atoms with Crippen LogP contribution >= 0.6 is 0 Å². The zero-order valence-corrected chi connectivity index (χ0v) is 12.5. The first-order valence-electron chi connectivity index (χ1n) is 7.79. The van der Waals surface area contributed by atoms with E-state index in [0.717, 1.165) is 38.6 Å². The fourth-order valence-corrected chi connectivity index (χ4v) is 3.55. The zero-order valence-electron chi connectivity index (χ0n) is 12.5. The normalized spacial score (nSPS) is 27.1. The van der Waals surface area contributed by atoms with Crippen LogP contribution in [0.3, 0.4) is 0 Å². The molecule has 2 rings (SSSR count). The maximum Gasteiger partial charge on any atom is 0.320 e. The summed E-state index contributed by atoms with van der Waals surface area (Å²) in [5.41, 5.74) is 0. The molecule has 2 fully saturated rings. The van der Waals surface area contributed by atoms with Crippen molar-refractivity contribution in [2.24, 2.45) is 5.92 Å². The van der Waals surface area contributed by atoms with Crippen molar-refractivity contribution in [1.29, 1.82) is 0 Å². The number of rotatable bonds is 3. The summed E-state index contributed by atoms with van der Waals surface area (Å²) < 4.78 is 0. The van der Waals surface area contributed by atoms with Crippen LogP contribution in [-0.4, -0.2) is 52.1 Å². The van der Waals surface area contributed by atoms with Gasteiger partial charge in [-0.3, -0.25) is 4.79 Å². The topological polar surface area (TPSA) is 60.9 Å². The second-order valence-corrected chi connectivity index (χ2v) is 6.37. The summed E-state index contributed by atoms with van der Waals surface area (Å²) in [6, 6.07) is 0.254. The maximum atomic E-state index is 12.8. The largest absolute Gasteiger partial charge is 0.481 e. The first-order valence-corrected chi connectivity index (χ1v) is 7.79. The molecule has 2 saturated heterocycles. The van der Waals surface area contributed by atoms with Crippen LogP contribution in [0.25, 0.3) is 0 Å². The van der Waals surface area contributed by atoms with E-state index in [1.54, 1.807) is 0 Å². The predicted octanol–water partition coefficient (Wildman–Crippen LogP) is 2.56. The number of piperidine rings is 1. The van der Waals surface area contributed by atoms with Crippen molar-refractivity contribution in [3.8, 4) is 0 Å². The van der Waals surface area contributed by atoms with Gasteiger partial charge in [-0.15, -0.1) is 0 Å². The molecule has 0 saturated carbocycles. The summed E-state index contributed by atoms with van der Waals surface area (Å²) in [5, 5.41) is 9.02. The van der Waals surface area contributed by atoms with E-state index in [-0.39, 0.29) is 18.5 Å². The number of aliphatic carboxylic acids is 1. The van der Waals surface area contributed by atoms with Gasteiger partial charge in [0.25, 0.3) is 0 Å². The number of carbonyl (C=O) groups is 2. The molecule has 2 heterocycles. The molecule has 0 radical (unpaired) electrons. The third-order valence-electron chi connectivity index (χ3n) is 4.60. The molecule has 2 amide bonds. The van der Waals surface area contributed by atoms with Crippen LogP contribution in [0.5, 0.6) is 0 Å². The number of likely N-dealkylation sites (tertiary alicyclic amines) is 2. The number of carbonyl (C=O) groups excluding carboxylic acids is 1. The summed E-state index contributed by atoms with van der Waals surface area (Å²) in [4.78, 5) is 27.5. The van der Waals surface area contributed by atoms with Crippen LogP contribution in [0.2, 0.25) is 0 Å². The van der Waals surface area contributed by atoms with Crippen molar-refractivity contribution >= 4 is 12.0 Å². The number of carboxylic acids is 1. The minimum Gasteiger partial charge on any atom is -0.481 e. The highest BCUT2D eigenvalue weighted by Crippen LogP contribution is 2.28. The molecule has 5 heteroatoms. The molecule has 0 bridgehead atoms. The van der Waals surface area contributed by atoms with E-state index in [0.29, 0.717) is 18.5 Å². The fraction of sp³-hybridized carbons (Fsp3) is 0.867. The third kappa shape index (κ3) is 3.25. The van der Waals surface area contributed by atoms with Gasteiger partial charge in [0.05, 0.1) is 6.42 Å². The minimum atomic E-state index is -0.809. The second-order valence-electron chi connectivity index (χ2n) is 6.37. The SMILES string of the molecule is CC(C)C1CCCN1C(=O)N1CCCCC1CC(=O)O. The summed E-state index contributed by atoms with van der Waals surface area (Å²) in [6.45, 7) is 5.83. The van der Waals surface area contributed by atoms with Gasteiger partial charge >= 0.3 is 12.0 Å². The Morgan fingerprint density at radius 3 is 2.45 bits per heavy atom. The molecule has 1 N–H and O–H groups in total. The van der Waals surface area contributed by atoms with Crippen molar-refractivity contribution in [3.63, 3.8) is 0 Å². The van der Waals surface area contributed by atoms with Gasteiger partial charge in [0.2, 0.25) is 0 Å². The van der Waals surface area contributed by atoms with Crippen LogP contribution in [0.1, 0.15) is 52.4 Å². The highest BCUT2D eigenvalue weighted by atomic mass is 16.4. The molecular formula is C15H26N2O3. The van der Waals surface area contributed by atoms with E-state index in [4.69, 9.17) is 5.11 Å². The smallest absolute Gasteiger partial charge is 0.320 e. The van der Waals surface area contributed by atoms with Crippen LogP contribution in [0, 0.1) is 5.92 Å². The number of nitrogens with zero attached hydrogens (tertiary/aromatic N) is 2. The lowest BCUT2D eigenvalue weighted by Gasteiger charge is -2.39. The van der Waals surface area contributed by atoms with Gasteiger partial charge in [-0.25, -0.2) is 4.79 Å². The van der Waals surface area contributed by atoms with Crippen LogP contribution < -0.4 is 0 Å².